The molecular weight excluding hydrogens is 392 g/mol. The number of carbonyl (C=O) groups is 2. The van der Waals surface area contributed by atoms with Crippen LogP contribution in [0.5, 0.6) is 0 Å². The summed E-state index contributed by atoms with van der Waals surface area (Å²) in [6.45, 7) is 3.99. The van der Waals surface area contributed by atoms with Crippen LogP contribution in [0.2, 0.25) is 0 Å². The molecule has 2 aliphatic rings. The van der Waals surface area contributed by atoms with Gasteiger partial charge in [-0.1, -0.05) is 19.9 Å². The van der Waals surface area contributed by atoms with Crippen LogP contribution in [0.4, 0.5) is 0 Å². The second-order valence-corrected chi connectivity index (χ2v) is 8.44. The molecule has 0 fully saturated rings. The Hall–Kier alpha value is -3.99. The van der Waals surface area contributed by atoms with E-state index in [1.54, 1.807) is 30.6 Å². The number of hydrogen-bond donors (Lipinski definition) is 2. The Balaban J connectivity index is 1.86. The molecule has 1 unspecified atom stereocenters. The number of nitrogens with two attached hydrogens (primary N) is 1. The van der Waals surface area contributed by atoms with Gasteiger partial charge in [-0.25, -0.2) is 5.01 Å². The fraction of sp³-hybridized carbons (Fsp3) is 0.261. The predicted octanol–water partition coefficient (Wildman–Crippen LogP) is 2.56. The Bertz CT molecular complexity index is 1150. The van der Waals surface area contributed by atoms with E-state index in [9.17, 15) is 14.9 Å². The van der Waals surface area contributed by atoms with Gasteiger partial charge in [0.25, 0.3) is 5.91 Å². The predicted molar refractivity (Wildman–Crippen MR) is 112 cm³/mol. The minimum atomic E-state index is -0.619. The van der Waals surface area contributed by atoms with Crippen molar-refractivity contribution in [1.29, 1.82) is 5.26 Å². The number of nitrogens with zero attached hydrogens (tertiary/aromatic N) is 4. The summed E-state index contributed by atoms with van der Waals surface area (Å²) in [5.41, 5.74) is 11.3. The molecule has 31 heavy (non-hydrogen) atoms. The smallest absolute Gasteiger partial charge is 0.270 e. The maximum absolute atomic E-state index is 13.3. The first-order valence-corrected chi connectivity index (χ1v) is 9.89. The van der Waals surface area contributed by atoms with E-state index in [1.165, 1.54) is 17.4 Å². The number of allylic oxidation sites excluding steroid dienone is 3. The highest BCUT2D eigenvalue weighted by Crippen LogP contribution is 2.48. The molecule has 1 aliphatic heterocycles. The van der Waals surface area contributed by atoms with Crippen LogP contribution in [-0.4, -0.2) is 26.7 Å². The highest BCUT2D eigenvalue weighted by atomic mass is 16.2. The van der Waals surface area contributed by atoms with Crippen molar-refractivity contribution in [3.05, 3.63) is 82.8 Å². The van der Waals surface area contributed by atoms with Crippen LogP contribution in [0.25, 0.3) is 0 Å². The highest BCUT2D eigenvalue weighted by Gasteiger charge is 2.44. The van der Waals surface area contributed by atoms with Gasteiger partial charge in [0.15, 0.2) is 5.78 Å². The van der Waals surface area contributed by atoms with Crippen molar-refractivity contribution in [1.82, 2.24) is 20.4 Å². The van der Waals surface area contributed by atoms with Crippen molar-refractivity contribution in [3.63, 3.8) is 0 Å². The molecule has 1 amide bonds. The first kappa shape index (κ1) is 20.3. The van der Waals surface area contributed by atoms with Crippen LogP contribution in [0, 0.1) is 16.7 Å². The molecule has 2 aromatic rings. The number of hydrogen-bond acceptors (Lipinski definition) is 7. The summed E-state index contributed by atoms with van der Waals surface area (Å²) < 4.78 is 0. The third-order valence-corrected chi connectivity index (χ3v) is 5.55. The molecule has 8 heteroatoms. The number of nitrogens with one attached hydrogen (secondary N) is 1. The minimum Gasteiger partial charge on any atom is -0.383 e. The van der Waals surface area contributed by atoms with Crippen LogP contribution in [0.15, 0.2) is 71.7 Å². The van der Waals surface area contributed by atoms with Crippen molar-refractivity contribution in [2.24, 2.45) is 11.1 Å². The summed E-state index contributed by atoms with van der Waals surface area (Å²) in [5.74, 6) is -0.997. The third-order valence-electron chi connectivity index (χ3n) is 5.55. The lowest BCUT2D eigenvalue weighted by Crippen LogP contribution is -2.49. The number of hydrazine groups is 1. The molecule has 0 saturated carbocycles. The number of nitriles is 1. The summed E-state index contributed by atoms with van der Waals surface area (Å²) in [4.78, 5) is 34.2. The van der Waals surface area contributed by atoms with E-state index in [4.69, 9.17) is 5.73 Å². The molecule has 3 N–H and O–H groups in total. The molecular formula is C23H22N6O2. The summed E-state index contributed by atoms with van der Waals surface area (Å²) in [5, 5.41) is 11.4. The van der Waals surface area contributed by atoms with E-state index in [0.29, 0.717) is 35.2 Å². The van der Waals surface area contributed by atoms with Gasteiger partial charge in [-0.2, -0.15) is 5.26 Å². The average Bonchev–Trinajstić information content (AvgIpc) is 2.75. The Labute approximate surface area is 180 Å². The lowest BCUT2D eigenvalue weighted by atomic mass is 9.69. The van der Waals surface area contributed by atoms with Crippen LogP contribution in [-0.2, 0) is 4.79 Å². The zero-order valence-electron chi connectivity index (χ0n) is 17.3. The fourth-order valence-electron chi connectivity index (χ4n) is 4.19. The maximum atomic E-state index is 13.3. The topological polar surface area (TPSA) is 125 Å². The van der Waals surface area contributed by atoms with Gasteiger partial charge in [-0.3, -0.25) is 25.0 Å². The first-order chi connectivity index (χ1) is 14.8. The second-order valence-electron chi connectivity index (χ2n) is 8.44. The molecule has 1 aliphatic carbocycles. The van der Waals surface area contributed by atoms with Gasteiger partial charge in [-0.15, -0.1) is 0 Å². The number of aromatic nitrogens is 2. The standard InChI is InChI=1S/C23H22N6O2/c1-23(2)10-17-20(18(30)11-23)19(15-4-3-7-27-13-15)16(12-24)21(25)29(17)28-22(31)14-5-8-26-9-6-14/h3-9,13,19H,10-11,25H2,1-2H3,(H,28,31). The van der Waals surface area contributed by atoms with E-state index in [-0.39, 0.29) is 22.6 Å². The van der Waals surface area contributed by atoms with Crippen molar-refractivity contribution in [3.8, 4) is 6.07 Å². The summed E-state index contributed by atoms with van der Waals surface area (Å²) >= 11 is 0. The summed E-state index contributed by atoms with van der Waals surface area (Å²) in [6, 6.07) is 8.90. The Morgan fingerprint density at radius 3 is 2.61 bits per heavy atom. The average molecular weight is 414 g/mol. The number of ketones is 1. The van der Waals surface area contributed by atoms with Crippen molar-refractivity contribution < 1.29 is 9.59 Å². The van der Waals surface area contributed by atoms with Crippen molar-refractivity contribution in [2.45, 2.75) is 32.6 Å². The normalized spacial score (nSPS) is 20.2. The third kappa shape index (κ3) is 3.66. The van der Waals surface area contributed by atoms with Gasteiger partial charge >= 0.3 is 0 Å². The summed E-state index contributed by atoms with van der Waals surface area (Å²) in [7, 11) is 0. The first-order valence-electron chi connectivity index (χ1n) is 9.89. The van der Waals surface area contributed by atoms with Gasteiger partial charge in [0.1, 0.15) is 5.82 Å². The zero-order valence-corrected chi connectivity index (χ0v) is 17.3. The molecule has 2 aromatic heterocycles. The summed E-state index contributed by atoms with van der Waals surface area (Å²) in [6.07, 6.45) is 7.16. The lowest BCUT2D eigenvalue weighted by Gasteiger charge is -2.43. The van der Waals surface area contributed by atoms with Gasteiger partial charge in [0.2, 0.25) is 0 Å². The number of carbonyl (C=O) groups excluding carboxylic acids is 2. The number of amides is 1. The Morgan fingerprint density at radius 2 is 1.97 bits per heavy atom. The van der Waals surface area contributed by atoms with Crippen LogP contribution < -0.4 is 11.2 Å². The van der Waals surface area contributed by atoms with Gasteiger partial charge in [0.05, 0.1) is 23.3 Å². The molecule has 8 nitrogen and oxygen atoms in total. The van der Waals surface area contributed by atoms with E-state index >= 15 is 0 Å². The number of Topliss-reactive ketones (excluding diaryl/α,β-unsaturated/α-hetero) is 1. The van der Waals surface area contributed by atoms with E-state index in [1.807, 2.05) is 19.9 Å². The second kappa shape index (κ2) is 7.69. The monoisotopic (exact) mass is 414 g/mol. The van der Waals surface area contributed by atoms with Crippen molar-refractivity contribution >= 4 is 11.7 Å². The van der Waals surface area contributed by atoms with Crippen molar-refractivity contribution in [2.75, 3.05) is 0 Å². The van der Waals surface area contributed by atoms with E-state index in [0.717, 1.165) is 0 Å². The molecule has 4 rings (SSSR count). The molecule has 1 atom stereocenters. The van der Waals surface area contributed by atoms with E-state index in [2.05, 4.69) is 21.5 Å². The maximum Gasteiger partial charge on any atom is 0.270 e. The molecule has 156 valence electrons. The van der Waals surface area contributed by atoms with E-state index < -0.39 is 11.8 Å². The van der Waals surface area contributed by atoms with Gasteiger partial charge in [-0.05, 0) is 35.6 Å². The Morgan fingerprint density at radius 1 is 1.23 bits per heavy atom. The zero-order chi connectivity index (χ0) is 22.2. The quantitative estimate of drug-likeness (QED) is 0.790. The molecule has 0 bridgehead atoms. The molecule has 0 aromatic carbocycles. The van der Waals surface area contributed by atoms with Gasteiger partial charge < -0.3 is 5.73 Å². The minimum absolute atomic E-state index is 0.0662. The largest absolute Gasteiger partial charge is 0.383 e. The fourth-order valence-corrected chi connectivity index (χ4v) is 4.19. The molecule has 3 heterocycles. The van der Waals surface area contributed by atoms with Crippen LogP contribution >= 0.6 is 0 Å². The highest BCUT2D eigenvalue weighted by molar-refractivity contribution is 6.00. The van der Waals surface area contributed by atoms with Gasteiger partial charge in [0, 0.05) is 42.3 Å². The number of pyridine rings is 2. The Kier molecular flexibility index (Phi) is 5.03. The SMILES string of the molecule is CC1(C)CC(=O)C2=C(C1)N(NC(=O)c1ccncc1)C(N)=C(C#N)C2c1cccnc1. The lowest BCUT2D eigenvalue weighted by molar-refractivity contribution is -0.118. The molecule has 0 spiro atoms. The van der Waals surface area contributed by atoms with Crippen LogP contribution in [0.3, 0.4) is 0 Å². The molecule has 0 saturated heterocycles. The molecule has 0 radical (unpaired) electrons. The number of rotatable bonds is 3. The van der Waals surface area contributed by atoms with Crippen LogP contribution in [0.1, 0.15) is 48.5 Å².